The summed E-state index contributed by atoms with van der Waals surface area (Å²) < 4.78 is 24.7. The van der Waals surface area contributed by atoms with Gasteiger partial charge in [0.2, 0.25) is 15.9 Å². The molecule has 1 amide bonds. The number of amides is 1. The molecule has 0 aromatic heterocycles. The van der Waals surface area contributed by atoms with Gasteiger partial charge in [0.25, 0.3) is 0 Å². The van der Waals surface area contributed by atoms with Crippen molar-refractivity contribution in [2.24, 2.45) is 5.41 Å². The Morgan fingerprint density at radius 3 is 2.19 bits per heavy atom. The molecule has 0 unspecified atom stereocenters. The molecular weight excluding hydrogens is 226 g/mol. The van der Waals surface area contributed by atoms with E-state index in [9.17, 15) is 13.2 Å². The van der Waals surface area contributed by atoms with Gasteiger partial charge in [-0.05, 0) is 26.0 Å². The third kappa shape index (κ3) is 1.61. The zero-order chi connectivity index (χ0) is 12.0. The van der Waals surface area contributed by atoms with Crippen molar-refractivity contribution in [3.8, 4) is 0 Å². The Labute approximate surface area is 94.9 Å². The van der Waals surface area contributed by atoms with Gasteiger partial charge in [-0.3, -0.25) is 4.79 Å². The van der Waals surface area contributed by atoms with E-state index < -0.39 is 15.4 Å². The van der Waals surface area contributed by atoms with E-state index in [-0.39, 0.29) is 11.7 Å². The third-order valence-corrected chi connectivity index (χ3v) is 4.60. The molecule has 1 saturated heterocycles. The van der Waals surface area contributed by atoms with Gasteiger partial charge in [0.15, 0.2) is 0 Å². The number of carbonyl (C=O) groups is 1. The van der Waals surface area contributed by atoms with Crippen molar-refractivity contribution in [1.82, 2.24) is 0 Å². The second-order valence-corrected chi connectivity index (χ2v) is 6.36. The molecule has 4 nitrogen and oxygen atoms in total. The van der Waals surface area contributed by atoms with Gasteiger partial charge in [0.1, 0.15) is 0 Å². The fraction of sp³-hybridized carbons (Fsp3) is 0.364. The molecule has 2 rings (SSSR count). The molecule has 1 aliphatic heterocycles. The van der Waals surface area contributed by atoms with Crippen molar-refractivity contribution in [2.45, 2.75) is 13.8 Å². The molecule has 0 aliphatic carbocycles. The van der Waals surface area contributed by atoms with Crippen molar-refractivity contribution < 1.29 is 13.2 Å². The second-order valence-electron chi connectivity index (χ2n) is 4.55. The molecule has 0 bridgehead atoms. The minimum Gasteiger partial charge on any atom is -0.273 e. The highest BCUT2D eigenvalue weighted by Gasteiger charge is 2.49. The van der Waals surface area contributed by atoms with Gasteiger partial charge in [0.05, 0.1) is 16.9 Å². The Morgan fingerprint density at radius 2 is 1.75 bits per heavy atom. The van der Waals surface area contributed by atoms with Crippen LogP contribution in [0, 0.1) is 5.41 Å². The van der Waals surface area contributed by atoms with Gasteiger partial charge in [-0.1, -0.05) is 18.2 Å². The number of hydrogen-bond donors (Lipinski definition) is 0. The van der Waals surface area contributed by atoms with E-state index >= 15 is 0 Å². The lowest BCUT2D eigenvalue weighted by molar-refractivity contribution is -0.123. The van der Waals surface area contributed by atoms with E-state index in [1.54, 1.807) is 44.2 Å². The average molecular weight is 239 g/mol. The lowest BCUT2D eigenvalue weighted by Crippen LogP contribution is -2.32. The Hall–Kier alpha value is -1.36. The SMILES string of the molecule is CC1(C)CS(=O)(=O)N(c2ccccc2)C1=O. The van der Waals surface area contributed by atoms with E-state index in [0.717, 1.165) is 4.31 Å². The Balaban J connectivity index is 2.54. The average Bonchev–Trinajstić information content (AvgIpc) is 2.33. The van der Waals surface area contributed by atoms with Crippen LogP contribution in [0.4, 0.5) is 5.69 Å². The smallest absolute Gasteiger partial charge is 0.247 e. The van der Waals surface area contributed by atoms with Crippen LogP contribution in [0.3, 0.4) is 0 Å². The van der Waals surface area contributed by atoms with Crippen LogP contribution in [0.2, 0.25) is 0 Å². The van der Waals surface area contributed by atoms with Crippen LogP contribution < -0.4 is 4.31 Å². The van der Waals surface area contributed by atoms with Gasteiger partial charge < -0.3 is 0 Å². The van der Waals surface area contributed by atoms with Crippen molar-refractivity contribution in [2.75, 3.05) is 10.1 Å². The molecule has 1 heterocycles. The van der Waals surface area contributed by atoms with Gasteiger partial charge in [-0.15, -0.1) is 0 Å². The first-order valence-corrected chi connectivity index (χ1v) is 6.58. The minimum absolute atomic E-state index is 0.131. The van der Waals surface area contributed by atoms with Crippen LogP contribution in [0.1, 0.15) is 13.8 Å². The van der Waals surface area contributed by atoms with Gasteiger partial charge >= 0.3 is 0 Å². The number of nitrogens with zero attached hydrogens (tertiary/aromatic N) is 1. The van der Waals surface area contributed by atoms with E-state index in [2.05, 4.69) is 0 Å². The maximum absolute atomic E-state index is 12.0. The molecule has 16 heavy (non-hydrogen) atoms. The van der Waals surface area contributed by atoms with Gasteiger partial charge in [-0.25, -0.2) is 12.7 Å². The first-order valence-electron chi connectivity index (χ1n) is 4.97. The summed E-state index contributed by atoms with van der Waals surface area (Å²) in [6, 6.07) is 8.45. The predicted octanol–water partition coefficient (Wildman–Crippen LogP) is 1.39. The summed E-state index contributed by atoms with van der Waals surface area (Å²) in [6.45, 7) is 3.30. The number of hydrogen-bond acceptors (Lipinski definition) is 3. The van der Waals surface area contributed by atoms with Gasteiger partial charge in [0, 0.05) is 0 Å². The summed E-state index contributed by atoms with van der Waals surface area (Å²) in [5.74, 6) is -0.494. The Kier molecular flexibility index (Phi) is 2.31. The molecule has 0 radical (unpaired) electrons. The number of para-hydroxylation sites is 1. The van der Waals surface area contributed by atoms with Crippen molar-refractivity contribution in [3.05, 3.63) is 30.3 Å². The highest BCUT2D eigenvalue weighted by molar-refractivity contribution is 7.94. The summed E-state index contributed by atoms with van der Waals surface area (Å²) in [7, 11) is -3.51. The second kappa shape index (κ2) is 3.31. The lowest BCUT2D eigenvalue weighted by Gasteiger charge is -2.16. The topological polar surface area (TPSA) is 54.5 Å². The molecule has 1 fully saturated rings. The molecule has 0 spiro atoms. The predicted molar refractivity (Wildman–Crippen MR) is 61.5 cm³/mol. The molecule has 86 valence electrons. The zero-order valence-electron chi connectivity index (χ0n) is 9.17. The van der Waals surface area contributed by atoms with Crippen LogP contribution in [0.5, 0.6) is 0 Å². The standard InChI is InChI=1S/C11H13NO3S/c1-11(2)8-16(14,15)12(10(11)13)9-6-4-3-5-7-9/h3-7H,8H2,1-2H3. The summed E-state index contributed by atoms with van der Waals surface area (Å²) in [6.07, 6.45) is 0. The fourth-order valence-electron chi connectivity index (χ4n) is 1.82. The van der Waals surface area contributed by atoms with E-state index in [4.69, 9.17) is 0 Å². The highest BCUT2D eigenvalue weighted by atomic mass is 32.2. The fourth-order valence-corrected chi connectivity index (χ4v) is 3.93. The summed E-state index contributed by atoms with van der Waals surface area (Å²) in [5, 5.41) is 0. The highest BCUT2D eigenvalue weighted by Crippen LogP contribution is 2.35. The number of benzene rings is 1. The van der Waals surface area contributed by atoms with E-state index in [1.807, 2.05) is 0 Å². The quantitative estimate of drug-likeness (QED) is 0.744. The molecule has 1 aliphatic rings. The normalized spacial score (nSPS) is 22.4. The third-order valence-electron chi connectivity index (χ3n) is 2.58. The number of sulfonamides is 1. The zero-order valence-corrected chi connectivity index (χ0v) is 9.99. The van der Waals surface area contributed by atoms with Crippen molar-refractivity contribution >= 4 is 21.6 Å². The van der Waals surface area contributed by atoms with Crippen LogP contribution in [0.25, 0.3) is 0 Å². The largest absolute Gasteiger partial charge is 0.273 e. The summed E-state index contributed by atoms with van der Waals surface area (Å²) >= 11 is 0. The first kappa shape index (κ1) is 11.1. The molecule has 0 saturated carbocycles. The molecule has 1 aromatic carbocycles. The lowest BCUT2D eigenvalue weighted by atomic mass is 9.95. The number of carbonyl (C=O) groups excluding carboxylic acids is 1. The van der Waals surface area contributed by atoms with Crippen LogP contribution >= 0.6 is 0 Å². The first-order chi connectivity index (χ1) is 7.34. The van der Waals surface area contributed by atoms with Crippen molar-refractivity contribution in [1.29, 1.82) is 0 Å². The van der Waals surface area contributed by atoms with E-state index in [0.29, 0.717) is 5.69 Å². The van der Waals surface area contributed by atoms with Crippen molar-refractivity contribution in [3.63, 3.8) is 0 Å². The van der Waals surface area contributed by atoms with Gasteiger partial charge in [-0.2, -0.15) is 0 Å². The minimum atomic E-state index is -3.51. The molecule has 0 N–H and O–H groups in total. The summed E-state index contributed by atoms with van der Waals surface area (Å²) in [4.78, 5) is 12.0. The maximum Gasteiger partial charge on any atom is 0.247 e. The Bertz CT molecular complexity index is 519. The number of anilines is 1. The van der Waals surface area contributed by atoms with Crippen LogP contribution in [-0.4, -0.2) is 20.1 Å². The van der Waals surface area contributed by atoms with Crippen LogP contribution in [0.15, 0.2) is 30.3 Å². The summed E-state index contributed by atoms with van der Waals surface area (Å²) in [5.41, 5.74) is -0.424. The molecule has 5 heteroatoms. The van der Waals surface area contributed by atoms with E-state index in [1.165, 1.54) is 0 Å². The molecular formula is C11H13NO3S. The number of rotatable bonds is 1. The molecule has 0 atom stereocenters. The Morgan fingerprint density at radius 1 is 1.19 bits per heavy atom. The monoisotopic (exact) mass is 239 g/mol. The van der Waals surface area contributed by atoms with Crippen LogP contribution in [-0.2, 0) is 14.8 Å². The molecule has 1 aromatic rings. The maximum atomic E-state index is 12.0.